The number of aromatic nitrogens is 2. The highest BCUT2D eigenvalue weighted by Gasteiger charge is 2.32. The van der Waals surface area contributed by atoms with Crippen LogP contribution in [0.2, 0.25) is 0 Å². The van der Waals surface area contributed by atoms with Crippen LogP contribution >= 0.6 is 0 Å². The molecule has 0 saturated heterocycles. The Hall–Kier alpha value is -3.51. The summed E-state index contributed by atoms with van der Waals surface area (Å²) in [7, 11) is -4.04. The Balaban J connectivity index is 1.96. The molecule has 0 aliphatic carbocycles. The van der Waals surface area contributed by atoms with E-state index in [0.29, 0.717) is 0 Å². The maximum Gasteiger partial charge on any atom is 0.433 e. The van der Waals surface area contributed by atoms with Crippen LogP contribution in [0.1, 0.15) is 42.4 Å². The van der Waals surface area contributed by atoms with Crippen molar-refractivity contribution in [2.24, 2.45) is 5.14 Å². The van der Waals surface area contributed by atoms with Gasteiger partial charge in [0.15, 0.2) is 0 Å². The molecule has 0 spiro atoms. The zero-order chi connectivity index (χ0) is 25.3. The van der Waals surface area contributed by atoms with Gasteiger partial charge >= 0.3 is 6.18 Å². The van der Waals surface area contributed by atoms with Gasteiger partial charge in [0.25, 0.3) is 5.91 Å². The predicted octanol–water partition coefficient (Wildman–Crippen LogP) is 4.48. The van der Waals surface area contributed by atoms with Gasteiger partial charge in [-0.25, -0.2) is 18.5 Å². The lowest BCUT2D eigenvalue weighted by Gasteiger charge is -2.21. The molecule has 1 aromatic carbocycles. The quantitative estimate of drug-likeness (QED) is 0.539. The molecule has 0 aliphatic heterocycles. The Bertz CT molecular complexity index is 1320. The molecule has 0 saturated carbocycles. The van der Waals surface area contributed by atoms with Gasteiger partial charge in [0.2, 0.25) is 10.0 Å². The summed E-state index contributed by atoms with van der Waals surface area (Å²) in [6.07, 6.45) is -1.42. The van der Waals surface area contributed by atoms with E-state index in [0.717, 1.165) is 36.2 Å². The number of hydrogen-bond donors (Lipinski definition) is 2. The van der Waals surface area contributed by atoms with Crippen LogP contribution in [0, 0.1) is 0 Å². The minimum Gasteiger partial charge on any atom is -0.455 e. The number of hydrogen-bond acceptors (Lipinski definition) is 6. The minimum atomic E-state index is -4.60. The molecular weight excluding hydrogens is 473 g/mol. The van der Waals surface area contributed by atoms with Crippen molar-refractivity contribution >= 4 is 21.6 Å². The van der Waals surface area contributed by atoms with Gasteiger partial charge in [0, 0.05) is 6.20 Å². The number of rotatable bonds is 5. The number of ether oxygens (including phenoxy) is 1. The molecular formula is C22H21F3N4O4S. The molecule has 8 nitrogen and oxygen atoms in total. The van der Waals surface area contributed by atoms with Crippen molar-refractivity contribution in [3.63, 3.8) is 0 Å². The molecule has 0 aliphatic rings. The van der Waals surface area contributed by atoms with Crippen molar-refractivity contribution in [3.8, 4) is 11.5 Å². The van der Waals surface area contributed by atoms with Crippen LogP contribution in [-0.2, 0) is 21.6 Å². The second kappa shape index (κ2) is 9.03. The van der Waals surface area contributed by atoms with Crippen molar-refractivity contribution < 1.29 is 31.1 Å². The first-order valence-electron chi connectivity index (χ1n) is 9.79. The van der Waals surface area contributed by atoms with Gasteiger partial charge in [-0.3, -0.25) is 9.78 Å². The molecule has 3 rings (SSSR count). The molecule has 180 valence electrons. The second-order valence-electron chi connectivity index (χ2n) is 8.35. The van der Waals surface area contributed by atoms with Crippen molar-refractivity contribution in [2.75, 3.05) is 5.32 Å². The molecule has 0 unspecified atom stereocenters. The van der Waals surface area contributed by atoms with Gasteiger partial charge in [-0.15, -0.1) is 0 Å². The van der Waals surface area contributed by atoms with Crippen LogP contribution in [0.15, 0.2) is 59.9 Å². The van der Waals surface area contributed by atoms with Crippen molar-refractivity contribution in [1.29, 1.82) is 0 Å². The number of nitrogens with one attached hydrogen (secondary N) is 1. The van der Waals surface area contributed by atoms with Gasteiger partial charge in [-0.2, -0.15) is 13.2 Å². The molecule has 2 heterocycles. The van der Waals surface area contributed by atoms with Crippen molar-refractivity contribution in [3.05, 3.63) is 71.8 Å². The summed E-state index contributed by atoms with van der Waals surface area (Å²) in [5.41, 5.74) is -0.480. The highest BCUT2D eigenvalue weighted by Crippen LogP contribution is 2.33. The monoisotopic (exact) mass is 494 g/mol. The first kappa shape index (κ1) is 25.1. The Kier molecular flexibility index (Phi) is 6.67. The number of halogens is 3. The van der Waals surface area contributed by atoms with Crippen molar-refractivity contribution in [1.82, 2.24) is 9.97 Å². The maximum atomic E-state index is 13.0. The normalized spacial score (nSPS) is 12.3. The number of carbonyl (C=O) groups excluding carboxylic acids is 1. The number of nitrogens with zero attached hydrogens (tertiary/aromatic N) is 2. The standard InChI is InChI=1S/C22H21F3N4O4S/c1-21(2,3)13-4-6-17(20(30)29-14-9-16(12-27-10-14)34(26,31)32)18(8-13)33-15-5-7-19(28-11-15)22(23,24)25/h4-12H,1-3H3,(H,29,30)(H2,26,31,32). The highest BCUT2D eigenvalue weighted by atomic mass is 32.2. The molecule has 3 aromatic rings. The summed E-state index contributed by atoms with van der Waals surface area (Å²) in [5, 5.41) is 7.61. The van der Waals surface area contributed by atoms with E-state index < -0.39 is 27.8 Å². The second-order valence-corrected chi connectivity index (χ2v) is 9.91. The van der Waals surface area contributed by atoms with E-state index in [1.54, 1.807) is 12.1 Å². The smallest absolute Gasteiger partial charge is 0.433 e. The fourth-order valence-corrected chi connectivity index (χ4v) is 3.34. The molecule has 1 amide bonds. The lowest BCUT2D eigenvalue weighted by atomic mass is 9.86. The molecule has 0 atom stereocenters. The summed E-state index contributed by atoms with van der Waals surface area (Å²) in [6, 6.07) is 7.83. The molecule has 0 fully saturated rings. The molecule has 3 N–H and O–H groups in total. The number of primary sulfonamides is 1. The fourth-order valence-electron chi connectivity index (χ4n) is 2.84. The van der Waals surface area contributed by atoms with E-state index in [-0.39, 0.29) is 33.1 Å². The van der Waals surface area contributed by atoms with Crippen LogP contribution in [0.25, 0.3) is 0 Å². The van der Waals surface area contributed by atoms with Gasteiger partial charge < -0.3 is 10.1 Å². The van der Waals surface area contributed by atoms with Gasteiger partial charge in [-0.05, 0) is 41.3 Å². The van der Waals surface area contributed by atoms with E-state index in [1.807, 2.05) is 20.8 Å². The summed E-state index contributed by atoms with van der Waals surface area (Å²) >= 11 is 0. The molecule has 0 radical (unpaired) electrons. The van der Waals surface area contributed by atoms with Gasteiger partial charge in [0.05, 0.1) is 23.6 Å². The number of sulfonamides is 1. The van der Waals surface area contributed by atoms with E-state index in [1.165, 1.54) is 12.3 Å². The number of pyridine rings is 2. The fraction of sp³-hybridized carbons (Fsp3) is 0.227. The average molecular weight is 494 g/mol. The first-order valence-corrected chi connectivity index (χ1v) is 11.3. The van der Waals surface area contributed by atoms with Gasteiger partial charge in [-0.1, -0.05) is 26.8 Å². The van der Waals surface area contributed by atoms with E-state index in [2.05, 4.69) is 15.3 Å². The van der Waals surface area contributed by atoms with Crippen molar-refractivity contribution in [2.45, 2.75) is 37.3 Å². The summed E-state index contributed by atoms with van der Waals surface area (Å²) in [6.45, 7) is 5.82. The summed E-state index contributed by atoms with van der Waals surface area (Å²) < 4.78 is 67.2. The van der Waals surface area contributed by atoms with Crippen LogP contribution < -0.4 is 15.2 Å². The molecule has 12 heteroatoms. The van der Waals surface area contributed by atoms with E-state index >= 15 is 0 Å². The van der Waals surface area contributed by atoms with Crippen LogP contribution in [0.4, 0.5) is 18.9 Å². The Morgan fingerprint density at radius 3 is 2.29 bits per heavy atom. The predicted molar refractivity (Wildman–Crippen MR) is 118 cm³/mol. The third-order valence-corrected chi connectivity index (χ3v) is 5.53. The molecule has 0 bridgehead atoms. The maximum absolute atomic E-state index is 13.0. The summed E-state index contributed by atoms with van der Waals surface area (Å²) in [4.78, 5) is 19.8. The lowest BCUT2D eigenvalue weighted by molar-refractivity contribution is -0.141. The number of nitrogens with two attached hydrogens (primary N) is 1. The zero-order valence-corrected chi connectivity index (χ0v) is 19.2. The summed E-state index contributed by atoms with van der Waals surface area (Å²) in [5.74, 6) is -0.600. The minimum absolute atomic E-state index is 0.00833. The number of carbonyl (C=O) groups is 1. The number of benzene rings is 1. The van der Waals surface area contributed by atoms with E-state index in [9.17, 15) is 26.4 Å². The molecule has 2 aromatic heterocycles. The number of alkyl halides is 3. The topological polar surface area (TPSA) is 124 Å². The van der Waals surface area contributed by atoms with Crippen LogP contribution in [0.3, 0.4) is 0 Å². The third-order valence-electron chi connectivity index (χ3n) is 4.65. The highest BCUT2D eigenvalue weighted by molar-refractivity contribution is 7.89. The Morgan fingerprint density at radius 1 is 1.03 bits per heavy atom. The van der Waals surface area contributed by atoms with E-state index in [4.69, 9.17) is 9.88 Å². The number of amides is 1. The number of anilines is 1. The average Bonchev–Trinajstić information content (AvgIpc) is 2.72. The van der Waals surface area contributed by atoms with Gasteiger partial charge in [0.1, 0.15) is 22.1 Å². The zero-order valence-electron chi connectivity index (χ0n) is 18.3. The SMILES string of the molecule is CC(C)(C)c1ccc(C(=O)Nc2cncc(S(N)(=O)=O)c2)c(Oc2ccc(C(F)(F)F)nc2)c1. The Labute approximate surface area is 194 Å². The molecule has 34 heavy (non-hydrogen) atoms. The Morgan fingerprint density at radius 2 is 1.74 bits per heavy atom. The van der Waals surface area contributed by atoms with Crippen LogP contribution in [0.5, 0.6) is 11.5 Å². The lowest BCUT2D eigenvalue weighted by Crippen LogP contribution is -2.17. The van der Waals surface area contributed by atoms with Crippen LogP contribution in [-0.4, -0.2) is 24.3 Å². The third kappa shape index (κ3) is 6.08. The largest absolute Gasteiger partial charge is 0.455 e. The first-order chi connectivity index (χ1) is 15.6.